The van der Waals surface area contributed by atoms with Gasteiger partial charge >= 0.3 is 0 Å². The Morgan fingerprint density at radius 2 is 1.25 bits per heavy atom. The van der Waals surface area contributed by atoms with Gasteiger partial charge in [0.1, 0.15) is 0 Å². The summed E-state index contributed by atoms with van der Waals surface area (Å²) in [6, 6.07) is 37.6. The Morgan fingerprint density at radius 3 is 2.08 bits per heavy atom. The smallest absolute Gasteiger partial charge is 0.196 e. The second-order valence-electron chi connectivity index (χ2n) is 9.62. The molecule has 0 saturated carbocycles. The van der Waals surface area contributed by atoms with E-state index < -0.39 is 17.5 Å². The molecule has 7 rings (SSSR count). The average Bonchev–Trinajstić information content (AvgIpc) is 3.01. The second-order valence-corrected chi connectivity index (χ2v) is 9.62. The lowest BCUT2D eigenvalue weighted by molar-refractivity contribution is 0.448. The number of aromatic nitrogens is 1. The lowest BCUT2D eigenvalue weighted by Crippen LogP contribution is -2.13. The van der Waals surface area contributed by atoms with Gasteiger partial charge in [0.15, 0.2) is 17.5 Å². The van der Waals surface area contributed by atoms with E-state index in [0.717, 1.165) is 49.6 Å². The molecule has 192 valence electrons. The minimum absolute atomic E-state index is 0.0814. The summed E-state index contributed by atoms with van der Waals surface area (Å²) in [5.74, 6) is -3.98. The number of hydrogen-bond acceptors (Lipinski definition) is 2. The van der Waals surface area contributed by atoms with E-state index in [2.05, 4.69) is 36.4 Å². The first-order chi connectivity index (χ1) is 19.6. The van der Waals surface area contributed by atoms with Crippen molar-refractivity contribution >= 4 is 49.5 Å². The summed E-state index contributed by atoms with van der Waals surface area (Å²) in [6.07, 6.45) is 1.79. The number of benzene rings is 6. The fourth-order valence-electron chi connectivity index (χ4n) is 5.44. The molecule has 0 amide bonds. The summed E-state index contributed by atoms with van der Waals surface area (Å²) in [7, 11) is 0. The first-order valence-corrected chi connectivity index (χ1v) is 12.9. The standard InChI is InChI=1S/C35H21F3N2/c36-31-18-19-32(34(38)33(31)37)40(24-8-2-1-3-9-24)25-15-12-23(13-16-25)29-21-30-26-10-5-4-7-22(26)14-17-27(30)28-11-6-20-39-35(28)29/h1-21H. The molecule has 1 aromatic heterocycles. The van der Waals surface area contributed by atoms with Gasteiger partial charge in [-0.2, -0.15) is 0 Å². The van der Waals surface area contributed by atoms with E-state index in [4.69, 9.17) is 4.98 Å². The number of rotatable bonds is 4. The average molecular weight is 527 g/mol. The minimum atomic E-state index is -1.50. The van der Waals surface area contributed by atoms with E-state index in [-0.39, 0.29) is 5.69 Å². The van der Waals surface area contributed by atoms with Gasteiger partial charge in [-0.1, -0.05) is 72.8 Å². The highest BCUT2D eigenvalue weighted by atomic mass is 19.2. The Kier molecular flexibility index (Phi) is 5.71. The number of nitrogens with zero attached hydrogens (tertiary/aromatic N) is 2. The van der Waals surface area contributed by atoms with Crippen molar-refractivity contribution in [2.45, 2.75) is 0 Å². The van der Waals surface area contributed by atoms with Crippen molar-refractivity contribution in [1.82, 2.24) is 4.98 Å². The topological polar surface area (TPSA) is 16.1 Å². The molecule has 0 unspecified atom stereocenters. The minimum Gasteiger partial charge on any atom is -0.308 e. The van der Waals surface area contributed by atoms with Crippen LogP contribution >= 0.6 is 0 Å². The van der Waals surface area contributed by atoms with Gasteiger partial charge in [-0.05, 0) is 75.6 Å². The Hall–Kier alpha value is -5.16. The van der Waals surface area contributed by atoms with Gasteiger partial charge in [0.2, 0.25) is 0 Å². The Bertz CT molecular complexity index is 2040. The quantitative estimate of drug-likeness (QED) is 0.168. The third kappa shape index (κ3) is 3.86. The number of anilines is 3. The van der Waals surface area contributed by atoms with Gasteiger partial charge in [-0.3, -0.25) is 4.98 Å². The summed E-state index contributed by atoms with van der Waals surface area (Å²) < 4.78 is 43.1. The van der Waals surface area contributed by atoms with Crippen molar-refractivity contribution in [3.63, 3.8) is 0 Å². The molecular formula is C35H21F3N2. The van der Waals surface area contributed by atoms with Crippen LogP contribution in [0.25, 0.3) is 43.6 Å². The molecular weight excluding hydrogens is 505 g/mol. The maximum atomic E-state index is 15.0. The molecule has 0 N–H and O–H groups in total. The third-order valence-corrected chi connectivity index (χ3v) is 7.32. The van der Waals surface area contributed by atoms with Crippen LogP contribution in [0.1, 0.15) is 0 Å². The summed E-state index contributed by atoms with van der Waals surface area (Å²) >= 11 is 0. The van der Waals surface area contributed by atoms with Crippen molar-refractivity contribution in [1.29, 1.82) is 0 Å². The lowest BCUT2D eigenvalue weighted by Gasteiger charge is -2.26. The Balaban J connectivity index is 1.41. The van der Waals surface area contributed by atoms with Gasteiger partial charge in [-0.15, -0.1) is 0 Å². The normalized spacial score (nSPS) is 11.4. The molecule has 0 radical (unpaired) electrons. The van der Waals surface area contributed by atoms with E-state index in [0.29, 0.717) is 11.4 Å². The third-order valence-electron chi connectivity index (χ3n) is 7.32. The van der Waals surface area contributed by atoms with Crippen LogP contribution in [-0.4, -0.2) is 4.98 Å². The predicted octanol–water partition coefficient (Wildman–Crippen LogP) is 10.1. The van der Waals surface area contributed by atoms with E-state index >= 15 is 4.39 Å². The van der Waals surface area contributed by atoms with Gasteiger partial charge in [0.25, 0.3) is 0 Å². The molecule has 7 aromatic rings. The number of halogens is 3. The van der Waals surface area contributed by atoms with Crippen LogP contribution in [0.5, 0.6) is 0 Å². The number of pyridine rings is 1. The zero-order chi connectivity index (χ0) is 27.2. The zero-order valence-corrected chi connectivity index (χ0v) is 21.2. The van der Waals surface area contributed by atoms with Crippen molar-refractivity contribution in [3.8, 4) is 11.1 Å². The zero-order valence-electron chi connectivity index (χ0n) is 21.2. The van der Waals surface area contributed by atoms with Crippen molar-refractivity contribution < 1.29 is 13.2 Å². The van der Waals surface area contributed by atoms with Gasteiger partial charge in [0.05, 0.1) is 11.2 Å². The van der Waals surface area contributed by atoms with Crippen LogP contribution < -0.4 is 4.90 Å². The SMILES string of the molecule is Fc1ccc(N(c2ccccc2)c2ccc(-c3cc4c5ccccc5ccc4c4cccnc34)cc2)c(F)c1F. The van der Waals surface area contributed by atoms with Crippen molar-refractivity contribution in [2.24, 2.45) is 0 Å². The van der Waals surface area contributed by atoms with E-state index in [1.165, 1.54) is 6.07 Å². The van der Waals surface area contributed by atoms with Crippen LogP contribution in [0.3, 0.4) is 0 Å². The summed E-state index contributed by atoms with van der Waals surface area (Å²) in [4.78, 5) is 6.31. The maximum Gasteiger partial charge on any atom is 0.196 e. The fraction of sp³-hybridized carbons (Fsp3) is 0. The van der Waals surface area contributed by atoms with E-state index in [1.54, 1.807) is 23.2 Å². The molecule has 0 bridgehead atoms. The predicted molar refractivity (Wildman–Crippen MR) is 157 cm³/mol. The van der Waals surface area contributed by atoms with Crippen LogP contribution in [0.4, 0.5) is 30.2 Å². The van der Waals surface area contributed by atoms with E-state index in [1.807, 2.05) is 60.7 Å². The van der Waals surface area contributed by atoms with Crippen molar-refractivity contribution in [2.75, 3.05) is 4.90 Å². The van der Waals surface area contributed by atoms with Crippen molar-refractivity contribution in [3.05, 3.63) is 145 Å². The molecule has 0 saturated heterocycles. The number of fused-ring (bicyclic) bond motifs is 5. The Morgan fingerprint density at radius 1 is 0.525 bits per heavy atom. The lowest BCUT2D eigenvalue weighted by atomic mass is 9.93. The molecule has 0 atom stereocenters. The maximum absolute atomic E-state index is 15.0. The molecule has 6 aromatic carbocycles. The summed E-state index contributed by atoms with van der Waals surface area (Å²) in [6.45, 7) is 0. The van der Waals surface area contributed by atoms with Gasteiger partial charge in [-0.25, -0.2) is 13.2 Å². The number of hydrogen-bond donors (Lipinski definition) is 0. The summed E-state index contributed by atoms with van der Waals surface area (Å²) in [5, 5.41) is 5.64. The molecule has 0 aliphatic carbocycles. The van der Waals surface area contributed by atoms with Crippen LogP contribution in [0.2, 0.25) is 0 Å². The van der Waals surface area contributed by atoms with Crippen LogP contribution in [0, 0.1) is 17.5 Å². The highest BCUT2D eigenvalue weighted by Gasteiger charge is 2.21. The fourth-order valence-corrected chi connectivity index (χ4v) is 5.44. The number of para-hydroxylation sites is 1. The largest absolute Gasteiger partial charge is 0.308 e. The second kappa shape index (κ2) is 9.54. The molecule has 5 heteroatoms. The first kappa shape index (κ1) is 23.9. The molecule has 0 spiro atoms. The highest BCUT2D eigenvalue weighted by Crippen LogP contribution is 2.40. The first-order valence-electron chi connectivity index (χ1n) is 12.9. The molecule has 0 aliphatic heterocycles. The van der Waals surface area contributed by atoms with Crippen LogP contribution in [-0.2, 0) is 0 Å². The van der Waals surface area contributed by atoms with Gasteiger partial charge < -0.3 is 4.90 Å². The molecule has 40 heavy (non-hydrogen) atoms. The molecule has 2 nitrogen and oxygen atoms in total. The highest BCUT2D eigenvalue weighted by molar-refractivity contribution is 6.20. The summed E-state index contributed by atoms with van der Waals surface area (Å²) in [5.41, 5.74) is 3.91. The molecule has 1 heterocycles. The van der Waals surface area contributed by atoms with Crippen LogP contribution in [0.15, 0.2) is 128 Å². The Labute approximate surface area is 228 Å². The molecule has 0 aliphatic rings. The monoisotopic (exact) mass is 526 g/mol. The molecule has 0 fully saturated rings. The van der Waals surface area contributed by atoms with Gasteiger partial charge in [0, 0.05) is 28.5 Å². The van der Waals surface area contributed by atoms with E-state index in [9.17, 15) is 8.78 Å².